The van der Waals surface area contributed by atoms with Crippen LogP contribution in [0.2, 0.25) is 0 Å². The Balaban J connectivity index is 2.32. The predicted octanol–water partition coefficient (Wildman–Crippen LogP) is 2.89. The molecular formula is C16H15NO2. The molecule has 1 aliphatic rings. The highest BCUT2D eigenvalue weighted by Crippen LogP contribution is 2.38. The smallest absolute Gasteiger partial charge is 0.231 e. The zero-order valence-corrected chi connectivity index (χ0v) is 11.0. The molecule has 0 aromatic heterocycles. The highest BCUT2D eigenvalue weighted by atomic mass is 16.3. The van der Waals surface area contributed by atoms with Gasteiger partial charge in [0.25, 0.3) is 0 Å². The van der Waals surface area contributed by atoms with Crippen LogP contribution in [0.15, 0.2) is 36.4 Å². The van der Waals surface area contributed by atoms with Gasteiger partial charge in [0.15, 0.2) is 0 Å². The quantitative estimate of drug-likeness (QED) is 0.784. The molecule has 2 aromatic carbocycles. The first-order chi connectivity index (χ1) is 9.06. The molecule has 1 amide bonds. The van der Waals surface area contributed by atoms with Crippen LogP contribution < -0.4 is 4.90 Å². The molecule has 19 heavy (non-hydrogen) atoms. The third kappa shape index (κ3) is 1.87. The molecule has 0 fully saturated rings. The number of benzene rings is 2. The number of nitrogens with zero attached hydrogens (tertiary/aromatic N) is 1. The molecule has 3 nitrogen and oxygen atoms in total. The lowest BCUT2D eigenvalue weighted by Gasteiger charge is -2.17. The minimum Gasteiger partial charge on any atom is -0.508 e. The van der Waals surface area contributed by atoms with E-state index in [0.29, 0.717) is 6.42 Å². The number of fused-ring (bicyclic) bond motifs is 3. The average Bonchev–Trinajstić information content (AvgIpc) is 2.47. The Bertz CT molecular complexity index is 676. The molecule has 3 rings (SSSR count). The average molecular weight is 253 g/mol. The lowest BCUT2D eigenvalue weighted by Crippen LogP contribution is -2.26. The van der Waals surface area contributed by atoms with Crippen LogP contribution in [-0.4, -0.2) is 18.1 Å². The van der Waals surface area contributed by atoms with Crippen molar-refractivity contribution < 1.29 is 9.90 Å². The van der Waals surface area contributed by atoms with E-state index >= 15 is 0 Å². The maximum absolute atomic E-state index is 12.2. The van der Waals surface area contributed by atoms with Gasteiger partial charge in [-0.15, -0.1) is 0 Å². The number of rotatable bonds is 0. The predicted molar refractivity (Wildman–Crippen MR) is 75.4 cm³/mol. The number of phenolic OH excluding ortho intramolecular Hbond substituents is 1. The molecule has 1 N–H and O–H groups in total. The summed E-state index contributed by atoms with van der Waals surface area (Å²) >= 11 is 0. The van der Waals surface area contributed by atoms with Gasteiger partial charge in [0.1, 0.15) is 5.75 Å². The maximum Gasteiger partial charge on any atom is 0.231 e. The number of amides is 1. The molecule has 0 bridgehead atoms. The van der Waals surface area contributed by atoms with Crippen LogP contribution in [0.25, 0.3) is 11.1 Å². The highest BCUT2D eigenvalue weighted by molar-refractivity contribution is 6.02. The van der Waals surface area contributed by atoms with Crippen molar-refractivity contribution in [2.24, 2.45) is 0 Å². The van der Waals surface area contributed by atoms with Gasteiger partial charge < -0.3 is 10.0 Å². The summed E-state index contributed by atoms with van der Waals surface area (Å²) in [5.74, 6) is 0.213. The zero-order valence-electron chi connectivity index (χ0n) is 11.0. The van der Waals surface area contributed by atoms with Crippen molar-refractivity contribution in [3.05, 3.63) is 47.5 Å². The normalized spacial score (nSPS) is 13.8. The Kier molecular flexibility index (Phi) is 2.56. The Labute approximate surface area is 112 Å². The van der Waals surface area contributed by atoms with Crippen molar-refractivity contribution in [2.45, 2.75) is 13.3 Å². The number of aryl methyl sites for hydroxylation is 1. The summed E-state index contributed by atoms with van der Waals surface area (Å²) in [6.45, 7) is 2.02. The Morgan fingerprint density at radius 3 is 2.63 bits per heavy atom. The molecule has 0 aliphatic carbocycles. The van der Waals surface area contributed by atoms with Crippen molar-refractivity contribution in [1.82, 2.24) is 0 Å². The molecule has 0 atom stereocenters. The van der Waals surface area contributed by atoms with Crippen molar-refractivity contribution in [3.63, 3.8) is 0 Å². The van der Waals surface area contributed by atoms with E-state index < -0.39 is 0 Å². The van der Waals surface area contributed by atoms with Gasteiger partial charge in [0.05, 0.1) is 12.1 Å². The molecule has 2 aromatic rings. The second kappa shape index (κ2) is 4.12. The molecular weight excluding hydrogens is 238 g/mol. The topological polar surface area (TPSA) is 40.5 Å². The summed E-state index contributed by atoms with van der Waals surface area (Å²) < 4.78 is 0. The zero-order chi connectivity index (χ0) is 13.6. The summed E-state index contributed by atoms with van der Waals surface area (Å²) in [6, 6.07) is 11.3. The molecule has 1 aliphatic heterocycles. The van der Waals surface area contributed by atoms with E-state index in [1.54, 1.807) is 24.1 Å². The van der Waals surface area contributed by atoms with Gasteiger partial charge in [-0.3, -0.25) is 4.79 Å². The fraction of sp³-hybridized carbons (Fsp3) is 0.188. The standard InChI is InChI=1S/C16H15NO2/c1-10-3-5-13-11(7-10)8-16(19)17(2)15-9-12(18)4-6-14(13)15/h3-7,9,18H,8H2,1-2H3. The lowest BCUT2D eigenvalue weighted by atomic mass is 9.96. The fourth-order valence-electron chi connectivity index (χ4n) is 2.57. The molecule has 96 valence electrons. The third-order valence-electron chi connectivity index (χ3n) is 3.61. The monoisotopic (exact) mass is 253 g/mol. The van der Waals surface area contributed by atoms with Gasteiger partial charge in [-0.1, -0.05) is 23.8 Å². The van der Waals surface area contributed by atoms with Crippen LogP contribution in [0.1, 0.15) is 11.1 Å². The number of aromatic hydroxyl groups is 1. The van der Waals surface area contributed by atoms with Crippen LogP contribution in [0.3, 0.4) is 0 Å². The summed E-state index contributed by atoms with van der Waals surface area (Å²) in [5.41, 5.74) is 5.00. The number of phenols is 1. The van der Waals surface area contributed by atoms with Crippen LogP contribution >= 0.6 is 0 Å². The van der Waals surface area contributed by atoms with Crippen LogP contribution in [-0.2, 0) is 11.2 Å². The third-order valence-corrected chi connectivity index (χ3v) is 3.61. The van der Waals surface area contributed by atoms with Crippen molar-refractivity contribution in [3.8, 4) is 16.9 Å². The van der Waals surface area contributed by atoms with Gasteiger partial charge in [-0.25, -0.2) is 0 Å². The first-order valence-corrected chi connectivity index (χ1v) is 6.26. The number of hydrogen-bond donors (Lipinski definition) is 1. The van der Waals surface area contributed by atoms with Gasteiger partial charge in [0.2, 0.25) is 5.91 Å². The SMILES string of the molecule is Cc1ccc2c(c1)CC(=O)N(C)c1cc(O)ccc1-2. The van der Waals surface area contributed by atoms with E-state index in [1.165, 1.54) is 0 Å². The maximum atomic E-state index is 12.2. The van der Waals surface area contributed by atoms with E-state index in [1.807, 2.05) is 25.1 Å². The van der Waals surface area contributed by atoms with Crippen LogP contribution in [0.4, 0.5) is 5.69 Å². The molecule has 0 saturated carbocycles. The number of carbonyl (C=O) groups is 1. The van der Waals surface area contributed by atoms with E-state index in [4.69, 9.17) is 0 Å². The van der Waals surface area contributed by atoms with Crippen molar-refractivity contribution in [1.29, 1.82) is 0 Å². The fourth-order valence-corrected chi connectivity index (χ4v) is 2.57. The molecule has 1 heterocycles. The molecule has 0 spiro atoms. The van der Waals surface area contributed by atoms with Gasteiger partial charge >= 0.3 is 0 Å². The van der Waals surface area contributed by atoms with Crippen molar-refractivity contribution >= 4 is 11.6 Å². The number of carbonyl (C=O) groups excluding carboxylic acids is 1. The summed E-state index contributed by atoms with van der Waals surface area (Å²) in [4.78, 5) is 13.8. The Hall–Kier alpha value is -2.29. The van der Waals surface area contributed by atoms with E-state index in [9.17, 15) is 9.90 Å². The molecule has 0 unspecified atom stereocenters. The second-order valence-corrected chi connectivity index (χ2v) is 4.99. The summed E-state index contributed by atoms with van der Waals surface area (Å²) in [5, 5.41) is 9.64. The van der Waals surface area contributed by atoms with Gasteiger partial charge in [-0.2, -0.15) is 0 Å². The first-order valence-electron chi connectivity index (χ1n) is 6.26. The largest absolute Gasteiger partial charge is 0.508 e. The number of likely N-dealkylation sites (N-methyl/N-ethyl adjacent to an activating group) is 1. The van der Waals surface area contributed by atoms with Crippen LogP contribution in [0.5, 0.6) is 5.75 Å². The minimum absolute atomic E-state index is 0.0381. The highest BCUT2D eigenvalue weighted by Gasteiger charge is 2.23. The Morgan fingerprint density at radius 2 is 1.84 bits per heavy atom. The van der Waals surface area contributed by atoms with Gasteiger partial charge in [-0.05, 0) is 30.2 Å². The molecule has 3 heteroatoms. The Morgan fingerprint density at radius 1 is 1.11 bits per heavy atom. The van der Waals surface area contributed by atoms with E-state index in [2.05, 4.69) is 6.07 Å². The molecule has 0 radical (unpaired) electrons. The minimum atomic E-state index is 0.0381. The molecule has 0 saturated heterocycles. The number of anilines is 1. The van der Waals surface area contributed by atoms with Gasteiger partial charge in [0, 0.05) is 18.7 Å². The number of hydrogen-bond acceptors (Lipinski definition) is 2. The van der Waals surface area contributed by atoms with Crippen LogP contribution in [0, 0.1) is 6.92 Å². The lowest BCUT2D eigenvalue weighted by molar-refractivity contribution is -0.117. The summed E-state index contributed by atoms with van der Waals surface area (Å²) in [6.07, 6.45) is 0.392. The summed E-state index contributed by atoms with van der Waals surface area (Å²) in [7, 11) is 1.75. The van der Waals surface area contributed by atoms with E-state index in [0.717, 1.165) is 27.9 Å². The van der Waals surface area contributed by atoms with E-state index in [-0.39, 0.29) is 11.7 Å². The first kappa shape index (κ1) is 11.8. The van der Waals surface area contributed by atoms with Crippen molar-refractivity contribution in [2.75, 3.05) is 11.9 Å². The second-order valence-electron chi connectivity index (χ2n) is 4.99.